The zero-order valence-corrected chi connectivity index (χ0v) is 27.5. The van der Waals surface area contributed by atoms with E-state index in [1.54, 1.807) is 33.2 Å². The van der Waals surface area contributed by atoms with Crippen molar-refractivity contribution in [2.75, 3.05) is 64.6 Å². The molecule has 2 atom stereocenters. The Kier molecular flexibility index (Phi) is 14.2. The Hall–Kier alpha value is -4.67. The van der Waals surface area contributed by atoms with Crippen LogP contribution in [-0.4, -0.2) is 138 Å². The lowest BCUT2D eigenvalue weighted by Gasteiger charge is -2.41. The van der Waals surface area contributed by atoms with Gasteiger partial charge in [0, 0.05) is 57.3 Å². The van der Waals surface area contributed by atoms with Crippen molar-refractivity contribution in [1.29, 1.82) is 0 Å². The predicted octanol–water partition coefficient (Wildman–Crippen LogP) is -0.129. The van der Waals surface area contributed by atoms with Crippen LogP contribution in [0.4, 0.5) is 10.5 Å². The quantitative estimate of drug-likeness (QED) is 0.231. The van der Waals surface area contributed by atoms with Gasteiger partial charge in [-0.2, -0.15) is 0 Å². The Bertz CT molecular complexity index is 1300. The van der Waals surface area contributed by atoms with Gasteiger partial charge in [-0.3, -0.25) is 33.8 Å². The largest absolute Gasteiger partial charge is 0.480 e. The zero-order valence-electron chi connectivity index (χ0n) is 26.7. The number of hydrogen-bond acceptors (Lipinski definition) is 12. The van der Waals surface area contributed by atoms with Gasteiger partial charge in [-0.25, -0.2) is 4.79 Å². The van der Waals surface area contributed by atoms with Crippen molar-refractivity contribution in [2.24, 2.45) is 5.41 Å². The van der Waals surface area contributed by atoms with Crippen LogP contribution < -0.4 is 10.2 Å². The van der Waals surface area contributed by atoms with Crippen molar-refractivity contribution >= 4 is 59.8 Å². The number of nitrogens with one attached hydrogen (secondary N) is 1. The molecular formula is C29H41ClN6O11. The summed E-state index contributed by atoms with van der Waals surface area (Å²) in [6, 6.07) is 0.710. The zero-order chi connectivity index (χ0) is 34.0. The SMILES string of the molecule is COC(=O)C[C@@H]1C(=O)N(CC(=O)O)CCN1C(=O)C(CC(=O)N1CCN(c2ccncc2)CC1)NC(=O)OCOC(=O)C(C)(C)C.Cl. The molecule has 17 nitrogen and oxygen atoms in total. The number of methoxy groups -OCH3 is 1. The number of aliphatic carboxylic acids is 1. The number of carboxylic acids is 1. The lowest BCUT2D eigenvalue weighted by atomic mass is 9.98. The molecule has 1 aromatic rings. The summed E-state index contributed by atoms with van der Waals surface area (Å²) < 4.78 is 14.6. The fourth-order valence-corrected chi connectivity index (χ4v) is 4.87. The van der Waals surface area contributed by atoms with Crippen LogP contribution in [0.25, 0.3) is 0 Å². The van der Waals surface area contributed by atoms with Gasteiger partial charge in [0.15, 0.2) is 0 Å². The Morgan fingerprint density at radius 2 is 1.64 bits per heavy atom. The van der Waals surface area contributed by atoms with Gasteiger partial charge < -0.3 is 44.2 Å². The summed E-state index contributed by atoms with van der Waals surface area (Å²) in [5, 5.41) is 11.5. The summed E-state index contributed by atoms with van der Waals surface area (Å²) in [4.78, 5) is 98.4. The molecule has 3 rings (SSSR count). The first-order chi connectivity index (χ1) is 21.7. The number of carbonyl (C=O) groups excluding carboxylic acids is 6. The number of alkyl carbamates (subject to hydrolysis) is 1. The highest BCUT2D eigenvalue weighted by Gasteiger charge is 2.43. The minimum atomic E-state index is -1.55. The summed E-state index contributed by atoms with van der Waals surface area (Å²) in [5.74, 6) is -4.90. The number of carbonyl (C=O) groups is 7. The van der Waals surface area contributed by atoms with E-state index >= 15 is 0 Å². The van der Waals surface area contributed by atoms with E-state index in [1.165, 1.54) is 4.90 Å². The van der Waals surface area contributed by atoms with E-state index in [4.69, 9.17) is 9.47 Å². The van der Waals surface area contributed by atoms with Crippen molar-refractivity contribution in [3.8, 4) is 0 Å². The summed E-state index contributed by atoms with van der Waals surface area (Å²) >= 11 is 0. The number of ether oxygens (including phenoxy) is 3. The first-order valence-corrected chi connectivity index (χ1v) is 14.6. The highest BCUT2D eigenvalue weighted by atomic mass is 35.5. The third kappa shape index (κ3) is 11.0. The Balaban J connectivity index is 0.00000768. The summed E-state index contributed by atoms with van der Waals surface area (Å²) in [7, 11) is 1.09. The number of aromatic nitrogens is 1. The average Bonchev–Trinajstić information content (AvgIpc) is 3.02. The highest BCUT2D eigenvalue weighted by molar-refractivity contribution is 5.97. The number of esters is 2. The number of carboxylic acid groups (broad SMARTS) is 1. The van der Waals surface area contributed by atoms with Crippen LogP contribution in [0.15, 0.2) is 24.5 Å². The molecule has 2 saturated heterocycles. The van der Waals surface area contributed by atoms with Crippen LogP contribution in [0, 0.1) is 5.41 Å². The van der Waals surface area contributed by atoms with E-state index in [9.17, 15) is 38.7 Å². The fraction of sp³-hybridized carbons (Fsp3) is 0.586. The Morgan fingerprint density at radius 3 is 2.21 bits per heavy atom. The number of halogens is 1. The molecule has 1 aromatic heterocycles. The van der Waals surface area contributed by atoms with Gasteiger partial charge in [0.2, 0.25) is 24.5 Å². The smallest absolute Gasteiger partial charge is 0.410 e. The van der Waals surface area contributed by atoms with Crippen LogP contribution >= 0.6 is 12.4 Å². The van der Waals surface area contributed by atoms with Gasteiger partial charge >= 0.3 is 24.0 Å². The van der Waals surface area contributed by atoms with Crippen molar-refractivity contribution in [1.82, 2.24) is 25.0 Å². The van der Waals surface area contributed by atoms with Crippen LogP contribution in [0.5, 0.6) is 0 Å². The first-order valence-electron chi connectivity index (χ1n) is 14.6. The first kappa shape index (κ1) is 38.5. The number of piperazine rings is 2. The molecule has 0 spiro atoms. The van der Waals surface area contributed by atoms with Gasteiger partial charge in [-0.05, 0) is 32.9 Å². The topological polar surface area (TPSA) is 205 Å². The molecular weight excluding hydrogens is 644 g/mol. The van der Waals surface area contributed by atoms with Gasteiger partial charge in [0.1, 0.15) is 18.6 Å². The lowest BCUT2D eigenvalue weighted by Crippen LogP contribution is -2.63. The molecule has 18 heteroatoms. The molecule has 2 aliphatic rings. The minimum absolute atomic E-state index is 0. The molecule has 2 N–H and O–H groups in total. The van der Waals surface area contributed by atoms with E-state index in [-0.39, 0.29) is 25.5 Å². The monoisotopic (exact) mass is 684 g/mol. The van der Waals surface area contributed by atoms with E-state index in [0.29, 0.717) is 26.2 Å². The Morgan fingerprint density at radius 1 is 1.00 bits per heavy atom. The minimum Gasteiger partial charge on any atom is -0.480 e. The molecule has 0 aliphatic carbocycles. The molecule has 260 valence electrons. The van der Waals surface area contributed by atoms with E-state index in [0.717, 1.165) is 22.6 Å². The van der Waals surface area contributed by atoms with Crippen molar-refractivity contribution < 1.29 is 52.9 Å². The molecule has 47 heavy (non-hydrogen) atoms. The maximum absolute atomic E-state index is 13.9. The second-order valence-corrected chi connectivity index (χ2v) is 11.7. The maximum atomic E-state index is 13.9. The van der Waals surface area contributed by atoms with Gasteiger partial charge in [0.05, 0.1) is 25.4 Å². The number of rotatable bonds is 11. The molecule has 4 amide bonds. The van der Waals surface area contributed by atoms with Gasteiger partial charge in [-0.15, -0.1) is 12.4 Å². The van der Waals surface area contributed by atoms with Crippen molar-refractivity contribution in [3.63, 3.8) is 0 Å². The third-order valence-electron chi connectivity index (χ3n) is 7.40. The van der Waals surface area contributed by atoms with Crippen LogP contribution in [0.1, 0.15) is 33.6 Å². The lowest BCUT2D eigenvalue weighted by molar-refractivity contribution is -0.162. The van der Waals surface area contributed by atoms with E-state index in [2.05, 4.69) is 19.9 Å². The predicted molar refractivity (Wildman–Crippen MR) is 165 cm³/mol. The fourth-order valence-electron chi connectivity index (χ4n) is 4.87. The summed E-state index contributed by atoms with van der Waals surface area (Å²) in [5.41, 5.74) is 0.0750. The molecule has 2 fully saturated rings. The molecule has 2 aliphatic heterocycles. The molecule has 3 heterocycles. The third-order valence-corrected chi connectivity index (χ3v) is 7.40. The normalized spacial score (nSPS) is 17.2. The second kappa shape index (κ2) is 17.3. The van der Waals surface area contributed by atoms with Crippen LogP contribution in [0.3, 0.4) is 0 Å². The Labute approximate surface area is 277 Å². The molecule has 0 aromatic carbocycles. The van der Waals surface area contributed by atoms with Crippen molar-refractivity contribution in [2.45, 2.75) is 45.7 Å². The maximum Gasteiger partial charge on any atom is 0.410 e. The van der Waals surface area contributed by atoms with Crippen LogP contribution in [0.2, 0.25) is 0 Å². The molecule has 0 bridgehead atoms. The second-order valence-electron chi connectivity index (χ2n) is 11.7. The number of pyridine rings is 1. The van der Waals surface area contributed by atoms with E-state index in [1.807, 2.05) is 12.1 Å². The molecule has 1 unspecified atom stereocenters. The highest BCUT2D eigenvalue weighted by Crippen LogP contribution is 2.20. The van der Waals surface area contributed by atoms with Crippen molar-refractivity contribution in [3.05, 3.63) is 24.5 Å². The number of hydrogen-bond donors (Lipinski definition) is 2. The number of nitrogens with zero attached hydrogens (tertiary/aromatic N) is 5. The number of amides is 4. The molecule has 0 radical (unpaired) electrons. The number of anilines is 1. The standard InChI is InChI=1S/C29H40N6O11.ClH/c1-29(2,3)27(42)45-18-46-28(43)31-20(15-22(36)33-11-9-32(10-12-33)19-5-7-30-8-6-19)25(40)35-14-13-34(17-23(37)38)26(41)21(35)16-24(39)44-4;/h5-8,20-21H,9-18H2,1-4H3,(H,31,43)(H,37,38);1H/t20?,21-;/m1./s1. The molecule has 0 saturated carbocycles. The van der Waals surface area contributed by atoms with Gasteiger partial charge in [-0.1, -0.05) is 0 Å². The summed E-state index contributed by atoms with van der Waals surface area (Å²) in [6.45, 7) is 4.72. The summed E-state index contributed by atoms with van der Waals surface area (Å²) in [6.07, 6.45) is 1.06. The van der Waals surface area contributed by atoms with Gasteiger partial charge in [0.25, 0.3) is 0 Å². The van der Waals surface area contributed by atoms with Crippen LogP contribution in [-0.2, 0) is 43.0 Å². The van der Waals surface area contributed by atoms with E-state index < -0.39 is 85.4 Å². The average molecular weight is 685 g/mol.